The number of carbonyl (C=O) groups is 3. The fourth-order valence-corrected chi connectivity index (χ4v) is 3.69. The zero-order valence-electron chi connectivity index (χ0n) is 22.3. The van der Waals surface area contributed by atoms with Crippen LogP contribution in [0.25, 0.3) is 0 Å². The molecule has 7 nitrogen and oxygen atoms in total. The summed E-state index contributed by atoms with van der Waals surface area (Å²) < 4.78 is 5.74. The normalized spacial score (nSPS) is 14.6. The first-order chi connectivity index (χ1) is 17.0. The molecule has 0 heterocycles. The molecule has 0 unspecified atom stereocenters. The van der Waals surface area contributed by atoms with Crippen molar-refractivity contribution in [2.45, 2.75) is 71.9 Å². The Balaban J connectivity index is 2.86. The van der Waals surface area contributed by atoms with Gasteiger partial charge in [-0.3, -0.25) is 14.4 Å². The third-order valence-electron chi connectivity index (χ3n) is 6.07. The molecule has 1 aromatic carbocycles. The van der Waals surface area contributed by atoms with Crippen LogP contribution in [0.2, 0.25) is 0 Å². The summed E-state index contributed by atoms with van der Waals surface area (Å²) in [5.41, 5.74) is 0.670. The molecule has 0 aromatic heterocycles. The number of hydrogen-bond donors (Lipinski definition) is 3. The number of carbonyl (C=O) groups excluding carboxylic acids is 3. The number of hydrogen-bond acceptors (Lipinski definition) is 5. The Morgan fingerprint density at radius 2 is 1.72 bits per heavy atom. The maximum absolute atomic E-state index is 13.1. The number of amides is 2. The molecule has 4 atom stereocenters. The van der Waals surface area contributed by atoms with E-state index in [1.165, 1.54) is 0 Å². The van der Waals surface area contributed by atoms with E-state index in [2.05, 4.69) is 23.8 Å². The van der Waals surface area contributed by atoms with Gasteiger partial charge in [0.1, 0.15) is 6.61 Å². The number of ether oxygens (including phenoxy) is 1. The van der Waals surface area contributed by atoms with Gasteiger partial charge in [-0.05, 0) is 43.6 Å². The number of aliphatic hydroxyl groups excluding tert-OH is 1. The largest absolute Gasteiger partial charge is 0.463 e. The van der Waals surface area contributed by atoms with Crippen LogP contribution in [0.4, 0.5) is 0 Å². The van der Waals surface area contributed by atoms with Crippen LogP contribution in [0.3, 0.4) is 0 Å². The summed E-state index contributed by atoms with van der Waals surface area (Å²) in [6, 6.07) is 8.97. The van der Waals surface area contributed by atoms with Crippen LogP contribution in [0.15, 0.2) is 55.6 Å². The Kier molecular flexibility index (Phi) is 13.8. The van der Waals surface area contributed by atoms with Crippen molar-refractivity contribution in [3.8, 4) is 0 Å². The SMILES string of the molecule is C=CCC[C@H](Cc1ccccc1)C(=O)OC[C@@H](NC(=O)[C@@H](CC=C)CC(=O)N[C@H](C)CO)C(C)(C)C. The number of benzene rings is 1. The average Bonchev–Trinajstić information content (AvgIpc) is 2.83. The van der Waals surface area contributed by atoms with E-state index in [0.717, 1.165) is 5.56 Å². The molecule has 0 bridgehead atoms. The average molecular weight is 501 g/mol. The van der Waals surface area contributed by atoms with Crippen LogP contribution in [-0.2, 0) is 25.5 Å². The molecule has 7 heteroatoms. The smallest absolute Gasteiger partial charge is 0.309 e. The summed E-state index contributed by atoms with van der Waals surface area (Å²) in [6.45, 7) is 14.9. The van der Waals surface area contributed by atoms with Gasteiger partial charge in [0, 0.05) is 12.5 Å². The molecule has 2 amide bonds. The van der Waals surface area contributed by atoms with Crippen molar-refractivity contribution in [2.24, 2.45) is 17.3 Å². The Morgan fingerprint density at radius 3 is 2.28 bits per heavy atom. The maximum Gasteiger partial charge on any atom is 0.309 e. The molecule has 0 aliphatic rings. The lowest BCUT2D eigenvalue weighted by Crippen LogP contribution is -2.50. The highest BCUT2D eigenvalue weighted by Gasteiger charge is 2.32. The van der Waals surface area contributed by atoms with Gasteiger partial charge in [-0.15, -0.1) is 13.2 Å². The van der Waals surface area contributed by atoms with Crippen LogP contribution >= 0.6 is 0 Å². The molecule has 0 saturated carbocycles. The lowest BCUT2D eigenvalue weighted by Gasteiger charge is -2.32. The Bertz CT molecular complexity index is 847. The Hall–Kier alpha value is -2.93. The minimum absolute atomic E-state index is 0.0282. The number of nitrogens with one attached hydrogen (secondary N) is 2. The summed E-state index contributed by atoms with van der Waals surface area (Å²) in [7, 11) is 0. The topological polar surface area (TPSA) is 105 Å². The highest BCUT2D eigenvalue weighted by Crippen LogP contribution is 2.23. The lowest BCUT2D eigenvalue weighted by molar-refractivity contribution is -0.151. The summed E-state index contributed by atoms with van der Waals surface area (Å²) in [6.07, 6.45) is 5.60. The number of aliphatic hydroxyl groups is 1. The summed E-state index contributed by atoms with van der Waals surface area (Å²) >= 11 is 0. The van der Waals surface area contributed by atoms with Gasteiger partial charge in [0.25, 0.3) is 0 Å². The van der Waals surface area contributed by atoms with Crippen molar-refractivity contribution in [1.29, 1.82) is 0 Å². The molecule has 0 aliphatic carbocycles. The van der Waals surface area contributed by atoms with Crippen molar-refractivity contribution in [3.63, 3.8) is 0 Å². The van der Waals surface area contributed by atoms with Crippen molar-refractivity contribution < 1.29 is 24.2 Å². The molecule has 1 rings (SSSR count). The van der Waals surface area contributed by atoms with E-state index in [-0.39, 0.29) is 43.3 Å². The quantitative estimate of drug-likeness (QED) is 0.235. The van der Waals surface area contributed by atoms with Crippen LogP contribution in [-0.4, -0.2) is 48.2 Å². The van der Waals surface area contributed by atoms with E-state index in [1.54, 1.807) is 19.1 Å². The second kappa shape index (κ2) is 15.9. The summed E-state index contributed by atoms with van der Waals surface area (Å²) in [5, 5.41) is 14.8. The van der Waals surface area contributed by atoms with Crippen LogP contribution < -0.4 is 10.6 Å². The molecule has 0 radical (unpaired) electrons. The monoisotopic (exact) mass is 500 g/mol. The first-order valence-corrected chi connectivity index (χ1v) is 12.6. The van der Waals surface area contributed by atoms with E-state index in [4.69, 9.17) is 9.84 Å². The molecular weight excluding hydrogens is 456 g/mol. The van der Waals surface area contributed by atoms with Crippen molar-refractivity contribution in [2.75, 3.05) is 13.2 Å². The van der Waals surface area contributed by atoms with Gasteiger partial charge >= 0.3 is 5.97 Å². The summed E-state index contributed by atoms with van der Waals surface area (Å²) in [4.78, 5) is 38.4. The minimum Gasteiger partial charge on any atom is -0.463 e. The van der Waals surface area contributed by atoms with E-state index in [1.807, 2.05) is 51.1 Å². The molecule has 0 aliphatic heterocycles. The van der Waals surface area contributed by atoms with Crippen molar-refractivity contribution in [1.82, 2.24) is 10.6 Å². The predicted molar refractivity (Wildman–Crippen MR) is 143 cm³/mol. The van der Waals surface area contributed by atoms with E-state index >= 15 is 0 Å². The molecule has 36 heavy (non-hydrogen) atoms. The van der Waals surface area contributed by atoms with Gasteiger partial charge in [-0.1, -0.05) is 63.3 Å². The fraction of sp³-hybridized carbons (Fsp3) is 0.552. The zero-order chi connectivity index (χ0) is 27.1. The van der Waals surface area contributed by atoms with Crippen molar-refractivity contribution >= 4 is 17.8 Å². The van der Waals surface area contributed by atoms with E-state index in [9.17, 15) is 14.4 Å². The fourth-order valence-electron chi connectivity index (χ4n) is 3.69. The highest BCUT2D eigenvalue weighted by atomic mass is 16.5. The first kappa shape index (κ1) is 31.1. The van der Waals surface area contributed by atoms with Crippen LogP contribution in [0, 0.1) is 17.3 Å². The second-order valence-corrected chi connectivity index (χ2v) is 10.4. The first-order valence-electron chi connectivity index (χ1n) is 12.6. The maximum atomic E-state index is 13.1. The number of rotatable bonds is 16. The molecule has 0 spiro atoms. The van der Waals surface area contributed by atoms with Gasteiger partial charge < -0.3 is 20.5 Å². The molecule has 0 fully saturated rings. The highest BCUT2D eigenvalue weighted by molar-refractivity contribution is 5.86. The van der Waals surface area contributed by atoms with Gasteiger partial charge in [0.05, 0.1) is 24.5 Å². The molecule has 0 saturated heterocycles. The molecule has 3 N–H and O–H groups in total. The third kappa shape index (κ3) is 11.7. The summed E-state index contributed by atoms with van der Waals surface area (Å²) in [5.74, 6) is -1.85. The van der Waals surface area contributed by atoms with E-state index in [0.29, 0.717) is 25.7 Å². The van der Waals surface area contributed by atoms with Crippen molar-refractivity contribution in [3.05, 3.63) is 61.2 Å². The number of allylic oxidation sites excluding steroid dienone is 2. The Labute approximate surface area is 216 Å². The van der Waals surface area contributed by atoms with Crippen LogP contribution in [0.5, 0.6) is 0 Å². The van der Waals surface area contributed by atoms with Gasteiger partial charge in [-0.25, -0.2) is 0 Å². The third-order valence-corrected chi connectivity index (χ3v) is 6.07. The lowest BCUT2D eigenvalue weighted by atomic mass is 9.86. The van der Waals surface area contributed by atoms with Gasteiger partial charge in [0.2, 0.25) is 11.8 Å². The molecular formula is C29H44N2O5. The molecule has 200 valence electrons. The second-order valence-electron chi connectivity index (χ2n) is 10.4. The number of esters is 1. The minimum atomic E-state index is -0.618. The van der Waals surface area contributed by atoms with Gasteiger partial charge in [0.15, 0.2) is 0 Å². The van der Waals surface area contributed by atoms with E-state index < -0.39 is 23.4 Å². The zero-order valence-corrected chi connectivity index (χ0v) is 22.3. The standard InChI is InChI=1S/C29H44N2O5/c1-7-9-16-24(17-22-14-11-10-12-15-22)28(35)36-20-25(29(4,5)6)31-27(34)23(13-8-2)18-26(33)30-21(3)19-32/h7-8,10-12,14-15,21,23-25,32H,1-2,9,13,16-20H2,3-6H3,(H,30,33)(H,31,34)/t21-,23+,24-,25-/m1/s1. The van der Waals surface area contributed by atoms with Crippen LogP contribution in [0.1, 0.15) is 58.9 Å². The predicted octanol–water partition coefficient (Wildman–Crippen LogP) is 3.97. The van der Waals surface area contributed by atoms with Gasteiger partial charge in [-0.2, -0.15) is 0 Å². The Morgan fingerprint density at radius 1 is 1.06 bits per heavy atom. The molecule has 1 aromatic rings.